The SMILES string of the molecule is CN(C(=O)CC1(CC(=O)O)CCCC1)c1ccc2c(c1)OCO2. The first kappa shape index (κ1) is 15.6. The second-order valence-electron chi connectivity index (χ2n) is 6.44. The van der Waals surface area contributed by atoms with Crippen LogP contribution in [-0.2, 0) is 9.59 Å². The van der Waals surface area contributed by atoms with Gasteiger partial charge in [0.2, 0.25) is 12.7 Å². The third-order valence-corrected chi connectivity index (χ3v) is 4.83. The van der Waals surface area contributed by atoms with Gasteiger partial charge in [0.25, 0.3) is 0 Å². The van der Waals surface area contributed by atoms with E-state index in [4.69, 9.17) is 14.6 Å². The van der Waals surface area contributed by atoms with Crippen molar-refractivity contribution in [1.82, 2.24) is 0 Å². The van der Waals surface area contributed by atoms with E-state index in [-0.39, 0.29) is 25.5 Å². The summed E-state index contributed by atoms with van der Waals surface area (Å²) in [6, 6.07) is 5.37. The maximum absolute atomic E-state index is 12.6. The van der Waals surface area contributed by atoms with E-state index in [0.29, 0.717) is 11.5 Å². The van der Waals surface area contributed by atoms with Crippen LogP contribution in [0.15, 0.2) is 18.2 Å². The fourth-order valence-corrected chi connectivity index (χ4v) is 3.54. The van der Waals surface area contributed by atoms with Crippen molar-refractivity contribution in [1.29, 1.82) is 0 Å². The highest BCUT2D eigenvalue weighted by molar-refractivity contribution is 5.94. The van der Waals surface area contributed by atoms with Gasteiger partial charge in [0.05, 0.1) is 6.42 Å². The number of hydrogen-bond donors (Lipinski definition) is 1. The van der Waals surface area contributed by atoms with E-state index in [0.717, 1.165) is 31.4 Å². The molecule has 0 radical (unpaired) electrons. The van der Waals surface area contributed by atoms with E-state index in [9.17, 15) is 9.59 Å². The molecule has 1 saturated carbocycles. The number of ether oxygens (including phenoxy) is 2. The minimum atomic E-state index is -0.828. The summed E-state index contributed by atoms with van der Waals surface area (Å²) < 4.78 is 10.6. The van der Waals surface area contributed by atoms with Gasteiger partial charge in [0.15, 0.2) is 11.5 Å². The lowest BCUT2D eigenvalue weighted by Crippen LogP contribution is -2.33. The monoisotopic (exact) mass is 319 g/mol. The number of carbonyl (C=O) groups is 2. The van der Waals surface area contributed by atoms with Crippen molar-refractivity contribution < 1.29 is 24.2 Å². The second-order valence-corrected chi connectivity index (χ2v) is 6.44. The summed E-state index contributed by atoms with van der Waals surface area (Å²) in [5, 5.41) is 9.16. The molecule has 1 aliphatic carbocycles. The number of rotatable bonds is 5. The number of aliphatic carboxylic acids is 1. The minimum Gasteiger partial charge on any atom is -0.481 e. The molecule has 0 aromatic heterocycles. The molecule has 1 heterocycles. The standard InChI is InChI=1S/C17H21NO5/c1-18(12-4-5-13-14(8-12)23-11-22-13)15(19)9-17(10-16(20)21)6-2-3-7-17/h4-5,8H,2-3,6-7,9-11H2,1H3,(H,20,21). The smallest absolute Gasteiger partial charge is 0.303 e. The number of benzene rings is 1. The molecule has 0 bridgehead atoms. The zero-order chi connectivity index (χ0) is 16.4. The summed E-state index contributed by atoms with van der Waals surface area (Å²) in [5.41, 5.74) is 0.329. The normalized spacial score (nSPS) is 18.0. The Bertz CT molecular complexity index is 621. The van der Waals surface area contributed by atoms with Gasteiger partial charge in [-0.05, 0) is 30.4 Å². The molecule has 1 aliphatic heterocycles. The Kier molecular flexibility index (Phi) is 4.15. The molecule has 2 aliphatic rings. The van der Waals surface area contributed by atoms with Gasteiger partial charge in [-0.25, -0.2) is 0 Å². The lowest BCUT2D eigenvalue weighted by atomic mass is 9.79. The third-order valence-electron chi connectivity index (χ3n) is 4.83. The molecular formula is C17H21NO5. The van der Waals surface area contributed by atoms with E-state index in [2.05, 4.69) is 0 Å². The molecule has 0 atom stereocenters. The molecule has 1 fully saturated rings. The lowest BCUT2D eigenvalue weighted by molar-refractivity contribution is -0.140. The molecule has 23 heavy (non-hydrogen) atoms. The number of amides is 1. The zero-order valence-electron chi connectivity index (χ0n) is 13.2. The van der Waals surface area contributed by atoms with Crippen molar-refractivity contribution in [2.75, 3.05) is 18.7 Å². The Labute approximate surface area is 135 Å². The van der Waals surface area contributed by atoms with Crippen LogP contribution in [0.25, 0.3) is 0 Å². The van der Waals surface area contributed by atoms with E-state index >= 15 is 0 Å². The molecule has 1 amide bonds. The van der Waals surface area contributed by atoms with Crippen LogP contribution in [0, 0.1) is 5.41 Å². The summed E-state index contributed by atoms with van der Waals surface area (Å²) in [5.74, 6) is 0.411. The molecule has 0 unspecified atom stereocenters. The first-order chi connectivity index (χ1) is 11.0. The van der Waals surface area contributed by atoms with E-state index < -0.39 is 11.4 Å². The Morgan fingerprint density at radius 1 is 1.17 bits per heavy atom. The molecule has 124 valence electrons. The highest BCUT2D eigenvalue weighted by Gasteiger charge is 2.38. The van der Waals surface area contributed by atoms with Gasteiger partial charge in [-0.2, -0.15) is 0 Å². The predicted molar refractivity (Wildman–Crippen MR) is 83.7 cm³/mol. The Balaban J connectivity index is 1.73. The minimum absolute atomic E-state index is 0.0629. The van der Waals surface area contributed by atoms with Gasteiger partial charge >= 0.3 is 5.97 Å². The average Bonchev–Trinajstić information content (AvgIpc) is 3.14. The van der Waals surface area contributed by atoms with Crippen LogP contribution < -0.4 is 14.4 Å². The molecule has 1 N–H and O–H groups in total. The number of carbonyl (C=O) groups excluding carboxylic acids is 1. The second kappa shape index (κ2) is 6.10. The Hall–Kier alpha value is -2.24. The predicted octanol–water partition coefficient (Wildman–Crippen LogP) is 2.80. The van der Waals surface area contributed by atoms with Crippen molar-refractivity contribution in [3.63, 3.8) is 0 Å². The molecular weight excluding hydrogens is 298 g/mol. The number of carboxylic acid groups (broad SMARTS) is 1. The largest absolute Gasteiger partial charge is 0.481 e. The van der Waals surface area contributed by atoms with Crippen LogP contribution in [-0.4, -0.2) is 30.8 Å². The molecule has 1 aromatic carbocycles. The van der Waals surface area contributed by atoms with Crippen molar-refractivity contribution >= 4 is 17.6 Å². The van der Waals surface area contributed by atoms with Gasteiger partial charge < -0.3 is 19.5 Å². The van der Waals surface area contributed by atoms with Crippen molar-refractivity contribution in [3.8, 4) is 11.5 Å². The maximum Gasteiger partial charge on any atom is 0.303 e. The number of anilines is 1. The fraction of sp³-hybridized carbons (Fsp3) is 0.529. The van der Waals surface area contributed by atoms with E-state index in [1.165, 1.54) is 0 Å². The summed E-state index contributed by atoms with van der Waals surface area (Å²) in [4.78, 5) is 25.4. The summed E-state index contributed by atoms with van der Waals surface area (Å²) in [6.45, 7) is 0.193. The van der Waals surface area contributed by atoms with E-state index in [1.807, 2.05) is 6.07 Å². The van der Waals surface area contributed by atoms with Gasteiger partial charge in [-0.3, -0.25) is 9.59 Å². The lowest BCUT2D eigenvalue weighted by Gasteiger charge is -2.29. The molecule has 1 aromatic rings. The first-order valence-electron chi connectivity index (χ1n) is 7.87. The molecule has 0 saturated heterocycles. The van der Waals surface area contributed by atoms with Crippen molar-refractivity contribution in [3.05, 3.63) is 18.2 Å². The zero-order valence-corrected chi connectivity index (χ0v) is 13.2. The van der Waals surface area contributed by atoms with Crippen molar-refractivity contribution in [2.24, 2.45) is 5.41 Å². The molecule has 3 rings (SSSR count). The fourth-order valence-electron chi connectivity index (χ4n) is 3.54. The number of nitrogens with zero attached hydrogens (tertiary/aromatic N) is 1. The molecule has 6 heteroatoms. The van der Waals surface area contributed by atoms with Gasteiger partial charge in [-0.15, -0.1) is 0 Å². The summed E-state index contributed by atoms with van der Waals surface area (Å²) >= 11 is 0. The van der Waals surface area contributed by atoms with Gasteiger partial charge in [0.1, 0.15) is 0 Å². The topological polar surface area (TPSA) is 76.1 Å². The molecule has 6 nitrogen and oxygen atoms in total. The third kappa shape index (κ3) is 3.25. The Morgan fingerprint density at radius 2 is 1.87 bits per heavy atom. The van der Waals surface area contributed by atoms with Crippen LogP contribution in [0.3, 0.4) is 0 Å². The van der Waals surface area contributed by atoms with Crippen LogP contribution in [0.4, 0.5) is 5.69 Å². The number of fused-ring (bicyclic) bond motifs is 1. The van der Waals surface area contributed by atoms with Crippen LogP contribution in [0.2, 0.25) is 0 Å². The van der Waals surface area contributed by atoms with Crippen molar-refractivity contribution in [2.45, 2.75) is 38.5 Å². The maximum atomic E-state index is 12.6. The quantitative estimate of drug-likeness (QED) is 0.903. The van der Waals surface area contributed by atoms with Crippen LogP contribution in [0.1, 0.15) is 38.5 Å². The van der Waals surface area contributed by atoms with Crippen LogP contribution >= 0.6 is 0 Å². The van der Waals surface area contributed by atoms with E-state index in [1.54, 1.807) is 24.1 Å². The average molecular weight is 319 g/mol. The number of carboxylic acids is 1. The van der Waals surface area contributed by atoms with Crippen LogP contribution in [0.5, 0.6) is 11.5 Å². The highest BCUT2D eigenvalue weighted by atomic mass is 16.7. The first-order valence-corrected chi connectivity index (χ1v) is 7.87. The van der Waals surface area contributed by atoms with Gasteiger partial charge in [-0.1, -0.05) is 12.8 Å². The Morgan fingerprint density at radius 3 is 2.57 bits per heavy atom. The summed E-state index contributed by atoms with van der Waals surface area (Å²) in [6.07, 6.45) is 3.93. The van der Waals surface area contributed by atoms with Gasteiger partial charge in [0, 0.05) is 25.2 Å². The summed E-state index contributed by atoms with van der Waals surface area (Å²) in [7, 11) is 1.71. The number of hydrogen-bond acceptors (Lipinski definition) is 4. The highest BCUT2D eigenvalue weighted by Crippen LogP contribution is 2.45. The molecule has 0 spiro atoms.